The van der Waals surface area contributed by atoms with Crippen LogP contribution in [0.4, 0.5) is 0 Å². The van der Waals surface area contributed by atoms with Crippen LogP contribution >= 0.6 is 35.3 Å². The SMILES string of the molecule is CNCCC(=O)N=c1sccn1Cc1ccccc1Cl.Cl. The molecule has 0 saturated carbocycles. The molecule has 2 aromatic rings. The second-order valence-corrected chi connectivity index (χ2v) is 5.54. The lowest BCUT2D eigenvalue weighted by atomic mass is 10.2. The molecule has 0 aliphatic rings. The first-order chi connectivity index (χ1) is 9.70. The minimum Gasteiger partial charge on any atom is -0.319 e. The summed E-state index contributed by atoms with van der Waals surface area (Å²) < 4.78 is 1.93. The highest BCUT2D eigenvalue weighted by Crippen LogP contribution is 2.15. The number of nitrogens with one attached hydrogen (secondary N) is 1. The number of benzene rings is 1. The number of hydrogen-bond acceptors (Lipinski definition) is 3. The van der Waals surface area contributed by atoms with E-state index >= 15 is 0 Å². The molecule has 1 aromatic heterocycles. The lowest BCUT2D eigenvalue weighted by molar-refractivity contribution is -0.118. The van der Waals surface area contributed by atoms with Gasteiger partial charge in [-0.15, -0.1) is 23.7 Å². The van der Waals surface area contributed by atoms with Gasteiger partial charge in [-0.1, -0.05) is 29.8 Å². The fourth-order valence-electron chi connectivity index (χ4n) is 1.71. The van der Waals surface area contributed by atoms with Crippen molar-refractivity contribution in [2.45, 2.75) is 13.0 Å². The van der Waals surface area contributed by atoms with E-state index < -0.39 is 0 Å². The average molecular weight is 346 g/mol. The van der Waals surface area contributed by atoms with Crippen LogP contribution in [0.1, 0.15) is 12.0 Å². The number of carbonyl (C=O) groups excluding carboxylic acids is 1. The molecule has 4 nitrogen and oxygen atoms in total. The maximum Gasteiger partial charge on any atom is 0.249 e. The quantitative estimate of drug-likeness (QED) is 0.905. The number of amides is 1. The largest absolute Gasteiger partial charge is 0.319 e. The zero-order chi connectivity index (χ0) is 14.4. The summed E-state index contributed by atoms with van der Waals surface area (Å²) in [4.78, 5) is 16.5. The summed E-state index contributed by atoms with van der Waals surface area (Å²) in [5.41, 5.74) is 1.01. The molecule has 21 heavy (non-hydrogen) atoms. The number of carbonyl (C=O) groups is 1. The first-order valence-corrected chi connectivity index (χ1v) is 7.56. The molecule has 0 aliphatic carbocycles. The first-order valence-electron chi connectivity index (χ1n) is 6.30. The zero-order valence-corrected chi connectivity index (χ0v) is 14.0. The van der Waals surface area contributed by atoms with Gasteiger partial charge in [-0.2, -0.15) is 4.99 Å². The number of rotatable bonds is 5. The van der Waals surface area contributed by atoms with E-state index in [0.717, 1.165) is 10.6 Å². The van der Waals surface area contributed by atoms with E-state index in [4.69, 9.17) is 11.6 Å². The summed E-state index contributed by atoms with van der Waals surface area (Å²) in [6, 6.07) is 7.68. The van der Waals surface area contributed by atoms with Gasteiger partial charge in [0.25, 0.3) is 0 Å². The van der Waals surface area contributed by atoms with Gasteiger partial charge in [-0.05, 0) is 18.7 Å². The standard InChI is InChI=1S/C14H16ClN3OS.ClH/c1-16-7-6-13(19)17-14-18(8-9-20-14)10-11-4-2-3-5-12(11)15;/h2-5,8-9,16H,6-7,10H2,1H3;1H. The van der Waals surface area contributed by atoms with Crippen LogP contribution in [0.25, 0.3) is 0 Å². The smallest absolute Gasteiger partial charge is 0.249 e. The van der Waals surface area contributed by atoms with E-state index in [1.807, 2.05) is 47.5 Å². The Morgan fingerprint density at radius 1 is 1.43 bits per heavy atom. The summed E-state index contributed by atoms with van der Waals surface area (Å²) in [6.45, 7) is 1.25. The predicted molar refractivity (Wildman–Crippen MR) is 89.2 cm³/mol. The Bertz CT molecular complexity index is 651. The molecule has 1 N–H and O–H groups in total. The van der Waals surface area contributed by atoms with Crippen LogP contribution in [-0.2, 0) is 11.3 Å². The molecule has 1 amide bonds. The molecule has 0 radical (unpaired) electrons. The molecule has 0 unspecified atom stereocenters. The highest BCUT2D eigenvalue weighted by Gasteiger charge is 2.04. The van der Waals surface area contributed by atoms with Gasteiger partial charge in [0.2, 0.25) is 5.91 Å². The molecule has 7 heteroatoms. The number of hydrogen-bond donors (Lipinski definition) is 1. The van der Waals surface area contributed by atoms with Crippen LogP contribution in [0.5, 0.6) is 0 Å². The van der Waals surface area contributed by atoms with Gasteiger partial charge < -0.3 is 9.88 Å². The van der Waals surface area contributed by atoms with E-state index in [-0.39, 0.29) is 18.3 Å². The van der Waals surface area contributed by atoms with Gasteiger partial charge in [-0.3, -0.25) is 4.79 Å². The molecule has 0 saturated heterocycles. The highest BCUT2D eigenvalue weighted by molar-refractivity contribution is 7.07. The molecule has 1 heterocycles. The zero-order valence-electron chi connectivity index (χ0n) is 11.6. The third-order valence-electron chi connectivity index (χ3n) is 2.77. The van der Waals surface area contributed by atoms with Gasteiger partial charge >= 0.3 is 0 Å². The van der Waals surface area contributed by atoms with Crippen LogP contribution in [-0.4, -0.2) is 24.1 Å². The maximum atomic E-state index is 11.7. The second-order valence-electron chi connectivity index (χ2n) is 4.26. The molecular weight excluding hydrogens is 329 g/mol. The van der Waals surface area contributed by atoms with Crippen molar-refractivity contribution in [3.05, 3.63) is 51.2 Å². The van der Waals surface area contributed by atoms with Gasteiger partial charge in [0, 0.05) is 29.6 Å². The van der Waals surface area contributed by atoms with Crippen molar-refractivity contribution < 1.29 is 4.79 Å². The highest BCUT2D eigenvalue weighted by atomic mass is 35.5. The molecule has 114 valence electrons. The third-order valence-corrected chi connectivity index (χ3v) is 3.93. The van der Waals surface area contributed by atoms with Gasteiger partial charge in [0.05, 0.1) is 6.54 Å². The van der Waals surface area contributed by atoms with Crippen LogP contribution in [0, 0.1) is 0 Å². The second kappa shape index (κ2) is 9.00. The summed E-state index contributed by atoms with van der Waals surface area (Å²) in [7, 11) is 1.82. The lowest BCUT2D eigenvalue weighted by Crippen LogP contribution is -2.19. The Labute approximate surface area is 138 Å². The molecule has 0 spiro atoms. The van der Waals surface area contributed by atoms with Gasteiger partial charge in [0.1, 0.15) is 0 Å². The van der Waals surface area contributed by atoms with Crippen molar-refractivity contribution in [3.8, 4) is 0 Å². The van der Waals surface area contributed by atoms with Crippen molar-refractivity contribution in [2.75, 3.05) is 13.6 Å². The summed E-state index contributed by atoms with van der Waals surface area (Å²) in [5.74, 6) is -0.116. The Balaban J connectivity index is 0.00000220. The van der Waals surface area contributed by atoms with Crippen molar-refractivity contribution in [1.82, 2.24) is 9.88 Å². The number of nitrogens with zero attached hydrogens (tertiary/aromatic N) is 2. The lowest BCUT2D eigenvalue weighted by Gasteiger charge is -2.05. The van der Waals surface area contributed by atoms with Gasteiger partial charge in [0.15, 0.2) is 4.80 Å². The molecule has 0 aliphatic heterocycles. The Hall–Kier alpha value is -1.14. The number of halogens is 2. The maximum absolute atomic E-state index is 11.7. The predicted octanol–water partition coefficient (Wildman–Crippen LogP) is 2.71. The van der Waals surface area contributed by atoms with E-state index in [0.29, 0.717) is 24.3 Å². The normalized spacial score (nSPS) is 11.2. The van der Waals surface area contributed by atoms with Crippen LogP contribution in [0.15, 0.2) is 40.8 Å². The first kappa shape index (κ1) is 17.9. The topological polar surface area (TPSA) is 46.4 Å². The van der Waals surface area contributed by atoms with Crippen molar-refractivity contribution in [3.63, 3.8) is 0 Å². The average Bonchev–Trinajstić information content (AvgIpc) is 2.86. The molecule has 0 fully saturated rings. The van der Waals surface area contributed by atoms with E-state index in [1.54, 1.807) is 0 Å². The molecular formula is C14H17Cl2N3OS. The van der Waals surface area contributed by atoms with Crippen molar-refractivity contribution >= 4 is 41.3 Å². The molecule has 0 bridgehead atoms. The van der Waals surface area contributed by atoms with Crippen molar-refractivity contribution in [2.24, 2.45) is 4.99 Å². The summed E-state index contributed by atoms with van der Waals surface area (Å²) >= 11 is 7.60. The monoisotopic (exact) mass is 345 g/mol. The minimum absolute atomic E-state index is 0. The van der Waals surface area contributed by atoms with Gasteiger partial charge in [-0.25, -0.2) is 0 Å². The molecule has 2 rings (SSSR count). The number of thiazole rings is 1. The Morgan fingerprint density at radius 2 is 2.19 bits per heavy atom. The van der Waals surface area contributed by atoms with Crippen LogP contribution in [0.2, 0.25) is 5.02 Å². The summed E-state index contributed by atoms with van der Waals surface area (Å²) in [5, 5.41) is 5.58. The van der Waals surface area contributed by atoms with Crippen LogP contribution < -0.4 is 10.1 Å². The third kappa shape index (κ3) is 5.28. The molecule has 0 atom stereocenters. The fraction of sp³-hybridized carbons (Fsp3) is 0.286. The Kier molecular flexibility index (Phi) is 7.67. The van der Waals surface area contributed by atoms with Crippen LogP contribution in [0.3, 0.4) is 0 Å². The fourth-order valence-corrected chi connectivity index (χ4v) is 2.65. The number of aromatic nitrogens is 1. The van der Waals surface area contributed by atoms with E-state index in [1.165, 1.54) is 11.3 Å². The molecule has 1 aromatic carbocycles. The minimum atomic E-state index is -0.116. The Morgan fingerprint density at radius 3 is 2.90 bits per heavy atom. The van der Waals surface area contributed by atoms with E-state index in [2.05, 4.69) is 10.3 Å². The summed E-state index contributed by atoms with van der Waals surface area (Å²) in [6.07, 6.45) is 2.32. The van der Waals surface area contributed by atoms with E-state index in [9.17, 15) is 4.79 Å². The van der Waals surface area contributed by atoms with Crippen molar-refractivity contribution in [1.29, 1.82) is 0 Å².